The normalized spacial score (nSPS) is 16.9. The molecular weight excluding hydrogens is 376 g/mol. The van der Waals surface area contributed by atoms with Crippen molar-refractivity contribution in [3.05, 3.63) is 76.8 Å². The highest BCUT2D eigenvalue weighted by atomic mass is 32.2. The van der Waals surface area contributed by atoms with Crippen LogP contribution in [0.15, 0.2) is 70.7 Å². The molecule has 0 unspecified atom stereocenters. The van der Waals surface area contributed by atoms with Gasteiger partial charge in [0.05, 0.1) is 7.11 Å². The summed E-state index contributed by atoms with van der Waals surface area (Å²) >= 11 is 0. The Kier molecular flexibility index (Phi) is 4.68. The van der Waals surface area contributed by atoms with Gasteiger partial charge in [-0.2, -0.15) is 8.42 Å². The first-order valence-corrected chi connectivity index (χ1v) is 10.3. The summed E-state index contributed by atoms with van der Waals surface area (Å²) in [5.41, 5.74) is 2.61. The van der Waals surface area contributed by atoms with E-state index in [1.54, 1.807) is 25.3 Å². The van der Waals surface area contributed by atoms with Crippen molar-refractivity contribution in [3.63, 3.8) is 0 Å². The molecule has 0 radical (unpaired) electrons. The lowest BCUT2D eigenvalue weighted by atomic mass is 10.1. The van der Waals surface area contributed by atoms with Crippen molar-refractivity contribution in [1.82, 2.24) is 4.90 Å². The lowest BCUT2D eigenvalue weighted by Gasteiger charge is -2.25. The molecule has 2 aliphatic rings. The second-order valence-corrected chi connectivity index (χ2v) is 8.12. The number of nitrogens with zero attached hydrogens (tertiary/aromatic N) is 2. The van der Waals surface area contributed by atoms with E-state index < -0.39 is 10.1 Å². The van der Waals surface area contributed by atoms with Gasteiger partial charge >= 0.3 is 10.1 Å². The Labute approximate surface area is 164 Å². The van der Waals surface area contributed by atoms with Gasteiger partial charge in [-0.15, -0.1) is 0 Å². The molecule has 28 heavy (non-hydrogen) atoms. The number of amidine groups is 1. The van der Waals surface area contributed by atoms with E-state index in [1.807, 2.05) is 48.4 Å². The third-order valence-electron chi connectivity index (χ3n) is 4.62. The van der Waals surface area contributed by atoms with Crippen molar-refractivity contribution < 1.29 is 17.3 Å². The fraction of sp³-hybridized carbons (Fsp3) is 0.190. The molecule has 6 nitrogen and oxygen atoms in total. The second kappa shape index (κ2) is 7.16. The van der Waals surface area contributed by atoms with Gasteiger partial charge in [0.2, 0.25) is 0 Å². The number of ether oxygens (including phenoxy) is 1. The molecule has 2 aromatic carbocycles. The number of aryl methyl sites for hydroxylation is 1. The fourth-order valence-electron chi connectivity index (χ4n) is 3.12. The van der Waals surface area contributed by atoms with Crippen LogP contribution in [-0.2, 0) is 16.5 Å². The van der Waals surface area contributed by atoms with Crippen molar-refractivity contribution in [2.24, 2.45) is 4.99 Å². The minimum atomic E-state index is -3.95. The zero-order chi connectivity index (χ0) is 19.7. The summed E-state index contributed by atoms with van der Waals surface area (Å²) < 4.78 is 36.0. The minimum absolute atomic E-state index is 0.0681. The van der Waals surface area contributed by atoms with Gasteiger partial charge in [0, 0.05) is 12.7 Å². The Morgan fingerprint density at radius 1 is 1.14 bits per heavy atom. The van der Waals surface area contributed by atoms with Gasteiger partial charge in [-0.05, 0) is 60.9 Å². The third kappa shape index (κ3) is 3.53. The number of allylic oxidation sites excluding steroid dienone is 2. The minimum Gasteiger partial charge on any atom is -0.497 e. The standard InChI is InChI=1S/C21H20N2O4S/c1-15-5-10-19-18(14-15)22-21-20(28(24,25)27-19)4-3-12-23(21)13-11-16-6-8-17(26-2)9-7-16/h3-10,12,14H,11,13H2,1-2H3. The van der Waals surface area contributed by atoms with Gasteiger partial charge in [-0.1, -0.05) is 18.2 Å². The van der Waals surface area contributed by atoms with E-state index in [9.17, 15) is 8.42 Å². The van der Waals surface area contributed by atoms with Crippen LogP contribution in [0.2, 0.25) is 0 Å². The first-order chi connectivity index (χ1) is 13.5. The van der Waals surface area contributed by atoms with Crippen LogP contribution < -0.4 is 8.92 Å². The van der Waals surface area contributed by atoms with Gasteiger partial charge in [-0.3, -0.25) is 0 Å². The summed E-state index contributed by atoms with van der Waals surface area (Å²) in [5.74, 6) is 1.42. The molecule has 144 valence electrons. The monoisotopic (exact) mass is 396 g/mol. The molecular formula is C21H20N2O4S. The average molecular weight is 396 g/mol. The molecule has 0 spiro atoms. The smallest absolute Gasteiger partial charge is 0.343 e. The lowest BCUT2D eigenvalue weighted by molar-refractivity contribution is 0.414. The van der Waals surface area contributed by atoms with Crippen LogP contribution >= 0.6 is 0 Å². The van der Waals surface area contributed by atoms with Gasteiger partial charge < -0.3 is 13.8 Å². The summed E-state index contributed by atoms with van der Waals surface area (Å²) in [7, 11) is -2.32. The van der Waals surface area contributed by atoms with E-state index in [0.717, 1.165) is 23.3 Å². The van der Waals surface area contributed by atoms with Crippen LogP contribution in [0.3, 0.4) is 0 Å². The molecule has 0 fully saturated rings. The molecule has 0 aliphatic carbocycles. The molecule has 2 aliphatic heterocycles. The third-order valence-corrected chi connectivity index (χ3v) is 5.87. The maximum Gasteiger partial charge on any atom is 0.343 e. The molecule has 2 heterocycles. The highest BCUT2D eigenvalue weighted by Crippen LogP contribution is 2.36. The SMILES string of the molecule is COc1ccc(CCN2C=CC=C3C2=Nc2cc(C)ccc2OS3(=O)=O)cc1. The van der Waals surface area contributed by atoms with Crippen molar-refractivity contribution >= 4 is 21.6 Å². The van der Waals surface area contributed by atoms with Crippen LogP contribution in [0.4, 0.5) is 5.69 Å². The number of rotatable bonds is 4. The molecule has 2 aromatic rings. The number of aliphatic imine (C=N–C) groups is 1. The predicted octanol–water partition coefficient (Wildman–Crippen LogP) is 3.71. The Bertz CT molecular complexity index is 1100. The van der Waals surface area contributed by atoms with Crippen LogP contribution in [0.25, 0.3) is 0 Å². The van der Waals surface area contributed by atoms with Crippen LogP contribution in [0.5, 0.6) is 11.5 Å². The molecule has 7 heteroatoms. The highest BCUT2D eigenvalue weighted by Gasteiger charge is 2.33. The van der Waals surface area contributed by atoms with Crippen LogP contribution in [0.1, 0.15) is 11.1 Å². The molecule has 0 bridgehead atoms. The number of hydrogen-bond donors (Lipinski definition) is 0. The Morgan fingerprint density at radius 2 is 1.93 bits per heavy atom. The quantitative estimate of drug-likeness (QED) is 0.737. The van der Waals surface area contributed by atoms with Crippen LogP contribution in [-0.4, -0.2) is 32.8 Å². The van der Waals surface area contributed by atoms with E-state index >= 15 is 0 Å². The van der Waals surface area contributed by atoms with Gasteiger partial charge in [0.15, 0.2) is 11.6 Å². The number of hydrogen-bond acceptors (Lipinski definition) is 6. The fourth-order valence-corrected chi connectivity index (χ4v) is 4.22. The molecule has 4 rings (SSSR count). The van der Waals surface area contributed by atoms with Crippen LogP contribution in [0, 0.1) is 6.92 Å². The lowest BCUT2D eigenvalue weighted by Crippen LogP contribution is -2.34. The number of methoxy groups -OCH3 is 1. The topological polar surface area (TPSA) is 68.2 Å². The summed E-state index contributed by atoms with van der Waals surface area (Å²) in [4.78, 5) is 6.55. The predicted molar refractivity (Wildman–Crippen MR) is 108 cm³/mol. The first-order valence-electron chi connectivity index (χ1n) is 8.88. The Morgan fingerprint density at radius 3 is 2.68 bits per heavy atom. The van der Waals surface area contributed by atoms with Crippen molar-refractivity contribution in [2.45, 2.75) is 13.3 Å². The maximum absolute atomic E-state index is 12.7. The van der Waals surface area contributed by atoms with E-state index in [-0.39, 0.29) is 10.7 Å². The zero-order valence-electron chi connectivity index (χ0n) is 15.6. The summed E-state index contributed by atoms with van der Waals surface area (Å²) in [5, 5.41) is 0. The summed E-state index contributed by atoms with van der Waals surface area (Å²) in [6.07, 6.45) is 5.78. The number of fused-ring (bicyclic) bond motifs is 2. The van der Waals surface area contributed by atoms with E-state index in [0.29, 0.717) is 18.1 Å². The van der Waals surface area contributed by atoms with Crippen molar-refractivity contribution in [1.29, 1.82) is 0 Å². The maximum atomic E-state index is 12.7. The van der Waals surface area contributed by atoms with Crippen molar-refractivity contribution in [2.75, 3.05) is 13.7 Å². The molecule has 0 atom stereocenters. The second-order valence-electron chi connectivity index (χ2n) is 6.61. The van der Waals surface area contributed by atoms with E-state index in [2.05, 4.69) is 4.99 Å². The summed E-state index contributed by atoms with van der Waals surface area (Å²) in [6.45, 7) is 2.51. The molecule has 0 aromatic heterocycles. The molecule has 0 amide bonds. The van der Waals surface area contributed by atoms with E-state index in [4.69, 9.17) is 8.92 Å². The van der Waals surface area contributed by atoms with E-state index in [1.165, 1.54) is 6.08 Å². The highest BCUT2D eigenvalue weighted by molar-refractivity contribution is 7.92. The number of benzene rings is 2. The molecule has 0 N–H and O–H groups in total. The molecule has 0 saturated carbocycles. The Balaban J connectivity index is 1.66. The van der Waals surface area contributed by atoms with Gasteiger partial charge in [0.1, 0.15) is 16.3 Å². The average Bonchev–Trinajstić information content (AvgIpc) is 2.80. The summed E-state index contributed by atoms with van der Waals surface area (Å²) in [6, 6.07) is 13.1. The van der Waals surface area contributed by atoms with Crippen molar-refractivity contribution in [3.8, 4) is 11.5 Å². The van der Waals surface area contributed by atoms with Gasteiger partial charge in [0.25, 0.3) is 0 Å². The zero-order valence-corrected chi connectivity index (χ0v) is 16.4. The Hall–Kier alpha value is -3.06. The largest absolute Gasteiger partial charge is 0.497 e. The molecule has 0 saturated heterocycles. The van der Waals surface area contributed by atoms with Gasteiger partial charge in [-0.25, -0.2) is 4.99 Å². The first kappa shape index (κ1) is 18.3.